The first-order valence-corrected chi connectivity index (χ1v) is 2.41. The maximum absolute atomic E-state index is 10.4. The molecule has 0 spiro atoms. The van der Waals surface area contributed by atoms with Crippen molar-refractivity contribution in [3.63, 3.8) is 0 Å². The van der Waals surface area contributed by atoms with Crippen molar-refractivity contribution in [1.29, 1.82) is 0 Å². The zero-order valence-corrected chi connectivity index (χ0v) is 5.00. The van der Waals surface area contributed by atoms with Gasteiger partial charge >= 0.3 is 0 Å². The predicted molar refractivity (Wildman–Crippen MR) is 30.7 cm³/mol. The number of carbonyl (C=O) groups excluding carboxylic acids is 1. The summed E-state index contributed by atoms with van der Waals surface area (Å²) in [4.78, 5) is 20.1. The van der Waals surface area contributed by atoms with Crippen LogP contribution in [0.2, 0.25) is 0 Å². The smallest absolute Gasteiger partial charge is 0.250 e. The SMILES string of the molecule is CNC(=O)C(CO)N=O. The lowest BCUT2D eigenvalue weighted by molar-refractivity contribution is -0.122. The van der Waals surface area contributed by atoms with Crippen molar-refractivity contribution in [2.75, 3.05) is 13.7 Å². The van der Waals surface area contributed by atoms with Gasteiger partial charge < -0.3 is 10.4 Å². The molecule has 2 N–H and O–H groups in total. The van der Waals surface area contributed by atoms with Gasteiger partial charge in [-0.3, -0.25) is 4.79 Å². The monoisotopic (exact) mass is 132 g/mol. The molecule has 0 rings (SSSR count). The fourth-order valence-electron chi connectivity index (χ4n) is 0.331. The number of carbonyl (C=O) groups is 1. The van der Waals surface area contributed by atoms with Gasteiger partial charge in [-0.15, -0.1) is 4.91 Å². The number of nitrogens with zero attached hydrogens (tertiary/aromatic N) is 1. The third-order valence-corrected chi connectivity index (χ3v) is 0.849. The highest BCUT2D eigenvalue weighted by atomic mass is 16.3. The van der Waals surface area contributed by atoms with E-state index in [2.05, 4.69) is 10.5 Å². The molecular formula is C4H8N2O3. The van der Waals surface area contributed by atoms with E-state index in [9.17, 15) is 9.70 Å². The van der Waals surface area contributed by atoms with Crippen LogP contribution in [0.1, 0.15) is 0 Å². The highest BCUT2D eigenvalue weighted by Crippen LogP contribution is 1.86. The second-order valence-electron chi connectivity index (χ2n) is 1.42. The van der Waals surface area contributed by atoms with Gasteiger partial charge in [-0.2, -0.15) is 0 Å². The topological polar surface area (TPSA) is 78.8 Å². The molecule has 0 aliphatic heterocycles. The quantitative estimate of drug-likeness (QED) is 0.476. The van der Waals surface area contributed by atoms with Crippen molar-refractivity contribution in [3.8, 4) is 0 Å². The summed E-state index contributed by atoms with van der Waals surface area (Å²) in [7, 11) is 1.37. The molecule has 1 unspecified atom stereocenters. The lowest BCUT2D eigenvalue weighted by Crippen LogP contribution is -2.32. The molecule has 1 amide bonds. The summed E-state index contributed by atoms with van der Waals surface area (Å²) in [5.74, 6) is -0.562. The van der Waals surface area contributed by atoms with E-state index in [0.29, 0.717) is 0 Å². The summed E-state index contributed by atoms with van der Waals surface area (Å²) in [5.41, 5.74) is 0. The third kappa shape index (κ3) is 2.18. The maximum atomic E-state index is 10.4. The van der Waals surface area contributed by atoms with Crippen LogP contribution in [-0.4, -0.2) is 30.7 Å². The Balaban J connectivity index is 3.78. The van der Waals surface area contributed by atoms with Gasteiger partial charge in [-0.25, -0.2) is 0 Å². The molecule has 0 aliphatic rings. The van der Waals surface area contributed by atoms with Crippen LogP contribution in [0.15, 0.2) is 5.18 Å². The first-order valence-electron chi connectivity index (χ1n) is 2.41. The van der Waals surface area contributed by atoms with Gasteiger partial charge in [0.1, 0.15) is 0 Å². The van der Waals surface area contributed by atoms with Crippen LogP contribution < -0.4 is 5.32 Å². The van der Waals surface area contributed by atoms with Gasteiger partial charge in [0.2, 0.25) is 0 Å². The molecule has 0 aromatic rings. The van der Waals surface area contributed by atoms with Crippen LogP contribution in [0, 0.1) is 4.91 Å². The average Bonchev–Trinajstić information content (AvgIpc) is 1.90. The Kier molecular flexibility index (Phi) is 3.54. The summed E-state index contributed by atoms with van der Waals surface area (Å²) in [6.45, 7) is -0.539. The van der Waals surface area contributed by atoms with Gasteiger partial charge in [-0.05, 0) is 0 Å². The predicted octanol–water partition coefficient (Wildman–Crippen LogP) is -1.14. The van der Waals surface area contributed by atoms with E-state index in [1.165, 1.54) is 7.05 Å². The number of aliphatic hydroxyl groups excluding tert-OH is 1. The Hall–Kier alpha value is -0.970. The van der Waals surface area contributed by atoms with Crippen LogP contribution >= 0.6 is 0 Å². The first-order chi connectivity index (χ1) is 4.26. The number of nitrogens with one attached hydrogen (secondary N) is 1. The fraction of sp³-hybridized carbons (Fsp3) is 0.750. The van der Waals surface area contributed by atoms with E-state index in [-0.39, 0.29) is 0 Å². The second kappa shape index (κ2) is 3.96. The van der Waals surface area contributed by atoms with E-state index in [4.69, 9.17) is 5.11 Å². The molecule has 5 heteroatoms. The molecule has 0 bridgehead atoms. The van der Waals surface area contributed by atoms with Gasteiger partial charge in [-0.1, -0.05) is 5.18 Å². The van der Waals surface area contributed by atoms with E-state index in [1.807, 2.05) is 0 Å². The summed E-state index contributed by atoms with van der Waals surface area (Å²) in [6.07, 6.45) is 0. The third-order valence-electron chi connectivity index (χ3n) is 0.849. The van der Waals surface area contributed by atoms with Crippen LogP contribution in [0.3, 0.4) is 0 Å². The van der Waals surface area contributed by atoms with Gasteiger partial charge in [0.15, 0.2) is 6.04 Å². The van der Waals surface area contributed by atoms with Gasteiger partial charge in [0.25, 0.3) is 5.91 Å². The Labute approximate surface area is 52.0 Å². The van der Waals surface area contributed by atoms with E-state index in [0.717, 1.165) is 0 Å². The van der Waals surface area contributed by atoms with Crippen LogP contribution in [0.4, 0.5) is 0 Å². The number of rotatable bonds is 3. The molecule has 52 valence electrons. The summed E-state index contributed by atoms with van der Waals surface area (Å²) in [6, 6.07) is -1.16. The van der Waals surface area contributed by atoms with Gasteiger partial charge in [0.05, 0.1) is 6.61 Å². The Morgan fingerprint density at radius 2 is 2.44 bits per heavy atom. The van der Waals surface area contributed by atoms with E-state index >= 15 is 0 Å². The van der Waals surface area contributed by atoms with Crippen LogP contribution in [0.5, 0.6) is 0 Å². The minimum Gasteiger partial charge on any atom is -0.393 e. The number of amides is 1. The highest BCUT2D eigenvalue weighted by molar-refractivity contribution is 5.81. The molecule has 0 aromatic heterocycles. The minimum absolute atomic E-state index is 0.539. The summed E-state index contributed by atoms with van der Waals surface area (Å²) >= 11 is 0. The minimum atomic E-state index is -1.16. The summed E-state index contributed by atoms with van der Waals surface area (Å²) in [5, 5.41) is 12.8. The van der Waals surface area contributed by atoms with Crippen LogP contribution in [0.25, 0.3) is 0 Å². The zero-order chi connectivity index (χ0) is 7.28. The Bertz CT molecular complexity index is 114. The van der Waals surface area contributed by atoms with Crippen molar-refractivity contribution >= 4 is 5.91 Å². The second-order valence-corrected chi connectivity index (χ2v) is 1.42. The van der Waals surface area contributed by atoms with E-state index in [1.54, 1.807) is 0 Å². The number of likely N-dealkylation sites (N-methyl/N-ethyl adjacent to an activating group) is 1. The molecule has 0 fully saturated rings. The number of hydrogen-bond acceptors (Lipinski definition) is 4. The maximum Gasteiger partial charge on any atom is 0.250 e. The lowest BCUT2D eigenvalue weighted by Gasteiger charge is -2.00. The van der Waals surface area contributed by atoms with Crippen molar-refractivity contribution in [2.24, 2.45) is 5.18 Å². The fourth-order valence-corrected chi connectivity index (χ4v) is 0.331. The number of hydrogen-bond donors (Lipinski definition) is 2. The molecule has 9 heavy (non-hydrogen) atoms. The van der Waals surface area contributed by atoms with Crippen LogP contribution in [-0.2, 0) is 4.79 Å². The normalized spacial score (nSPS) is 12.2. The first kappa shape index (κ1) is 8.03. The lowest BCUT2D eigenvalue weighted by atomic mass is 10.3. The summed E-state index contributed by atoms with van der Waals surface area (Å²) < 4.78 is 0. The van der Waals surface area contributed by atoms with Crippen molar-refractivity contribution in [2.45, 2.75) is 6.04 Å². The molecular weight excluding hydrogens is 124 g/mol. The molecule has 1 atom stereocenters. The molecule has 5 nitrogen and oxygen atoms in total. The highest BCUT2D eigenvalue weighted by Gasteiger charge is 2.14. The molecule has 0 aromatic carbocycles. The molecule has 0 aliphatic carbocycles. The van der Waals surface area contributed by atoms with Crippen molar-refractivity contribution in [3.05, 3.63) is 4.91 Å². The largest absolute Gasteiger partial charge is 0.393 e. The number of nitroso groups, excluding NO2 is 1. The van der Waals surface area contributed by atoms with Gasteiger partial charge in [0, 0.05) is 7.05 Å². The Morgan fingerprint density at radius 1 is 1.89 bits per heavy atom. The molecule has 0 saturated heterocycles. The van der Waals surface area contributed by atoms with Crippen molar-refractivity contribution in [1.82, 2.24) is 5.32 Å². The van der Waals surface area contributed by atoms with Crippen molar-refractivity contribution < 1.29 is 9.90 Å². The molecule has 0 heterocycles. The average molecular weight is 132 g/mol. The zero-order valence-electron chi connectivity index (χ0n) is 5.00. The Morgan fingerprint density at radius 3 is 2.56 bits per heavy atom. The standard InChI is InChI=1S/C4H8N2O3/c1-5-4(8)3(2-7)6-9/h3,7H,2H2,1H3,(H,5,8). The van der Waals surface area contributed by atoms with E-state index < -0.39 is 18.6 Å². The molecule has 0 radical (unpaired) electrons. The number of aliphatic hydroxyl groups is 1. The molecule has 0 saturated carbocycles.